The van der Waals surface area contributed by atoms with Crippen molar-refractivity contribution < 1.29 is 14.7 Å². The summed E-state index contributed by atoms with van der Waals surface area (Å²) < 4.78 is 0.370. The van der Waals surface area contributed by atoms with Crippen LogP contribution in [0.3, 0.4) is 0 Å². The number of nitrogens with one attached hydrogen (secondary N) is 1. The van der Waals surface area contributed by atoms with Crippen LogP contribution in [0.4, 0.5) is 5.69 Å². The summed E-state index contributed by atoms with van der Waals surface area (Å²) in [6, 6.07) is 2.73. The van der Waals surface area contributed by atoms with Gasteiger partial charge in [-0.15, -0.1) is 0 Å². The van der Waals surface area contributed by atoms with E-state index in [1.54, 1.807) is 0 Å². The maximum Gasteiger partial charge on any atom is 0.336 e. The lowest BCUT2D eigenvalue weighted by Crippen LogP contribution is -2.08. The largest absolute Gasteiger partial charge is 0.478 e. The zero-order valence-corrected chi connectivity index (χ0v) is 10.0. The molecule has 4 nitrogen and oxygen atoms in total. The van der Waals surface area contributed by atoms with E-state index in [-0.39, 0.29) is 22.2 Å². The number of hydrogen-bond donors (Lipinski definition) is 2. The lowest BCUT2D eigenvalue weighted by Gasteiger charge is -2.07. The molecule has 1 aromatic carbocycles. The fraction of sp³-hybridized carbons (Fsp3) is 0.111. The van der Waals surface area contributed by atoms with Gasteiger partial charge in [0.15, 0.2) is 0 Å². The van der Waals surface area contributed by atoms with Gasteiger partial charge in [0, 0.05) is 11.4 Å². The Balaban J connectivity index is 3.23. The van der Waals surface area contributed by atoms with E-state index in [2.05, 4.69) is 21.2 Å². The van der Waals surface area contributed by atoms with Gasteiger partial charge in [0.1, 0.15) is 0 Å². The highest BCUT2D eigenvalue weighted by Gasteiger charge is 2.12. The highest BCUT2D eigenvalue weighted by atomic mass is 79.9. The third-order valence-corrected chi connectivity index (χ3v) is 2.57. The first-order valence-corrected chi connectivity index (χ1v) is 5.09. The van der Waals surface area contributed by atoms with Gasteiger partial charge < -0.3 is 10.4 Å². The minimum Gasteiger partial charge on any atom is -0.478 e. The summed E-state index contributed by atoms with van der Waals surface area (Å²) in [7, 11) is 0. The van der Waals surface area contributed by atoms with Crippen molar-refractivity contribution in [3.8, 4) is 0 Å². The highest BCUT2D eigenvalue weighted by molar-refractivity contribution is 9.10. The van der Waals surface area contributed by atoms with Crippen LogP contribution in [0.2, 0.25) is 5.02 Å². The molecule has 15 heavy (non-hydrogen) atoms. The third-order valence-electron chi connectivity index (χ3n) is 1.60. The molecule has 0 aliphatic carbocycles. The number of carboxylic acid groups (broad SMARTS) is 1. The lowest BCUT2D eigenvalue weighted by molar-refractivity contribution is -0.114. The van der Waals surface area contributed by atoms with Crippen LogP contribution < -0.4 is 5.32 Å². The topological polar surface area (TPSA) is 66.4 Å². The standard InChI is InChI=1S/C9H7BrClNO3/c1-4(13)12-8-2-5(9(14)15)6(10)3-7(8)11/h2-3H,1H3,(H,12,13)(H,14,15). The molecule has 1 rings (SSSR count). The molecule has 0 fully saturated rings. The van der Waals surface area contributed by atoms with Crippen LogP contribution in [0.1, 0.15) is 17.3 Å². The summed E-state index contributed by atoms with van der Waals surface area (Å²) in [6.45, 7) is 1.32. The van der Waals surface area contributed by atoms with Crippen LogP contribution in [0.15, 0.2) is 16.6 Å². The van der Waals surface area contributed by atoms with Gasteiger partial charge in [-0.1, -0.05) is 11.6 Å². The summed E-state index contributed by atoms with van der Waals surface area (Å²) in [6.07, 6.45) is 0. The maximum absolute atomic E-state index is 10.8. The normalized spacial score (nSPS) is 9.80. The number of carboxylic acids is 1. The number of hydrogen-bond acceptors (Lipinski definition) is 2. The Kier molecular flexibility index (Phi) is 3.71. The molecule has 0 aromatic heterocycles. The number of carbonyl (C=O) groups excluding carboxylic acids is 1. The van der Waals surface area contributed by atoms with Crippen molar-refractivity contribution >= 4 is 45.1 Å². The average Bonchev–Trinajstić information content (AvgIpc) is 2.08. The maximum atomic E-state index is 10.8. The molecule has 6 heteroatoms. The van der Waals surface area contributed by atoms with Gasteiger partial charge in [0.2, 0.25) is 5.91 Å². The summed E-state index contributed by atoms with van der Waals surface area (Å²) in [5, 5.41) is 11.5. The van der Waals surface area contributed by atoms with E-state index in [0.717, 1.165) is 0 Å². The second-order valence-electron chi connectivity index (χ2n) is 2.80. The quantitative estimate of drug-likeness (QED) is 0.881. The van der Waals surface area contributed by atoms with Gasteiger partial charge in [-0.3, -0.25) is 4.79 Å². The SMILES string of the molecule is CC(=O)Nc1cc(C(=O)O)c(Br)cc1Cl. The number of aromatic carboxylic acids is 1. The van der Waals surface area contributed by atoms with E-state index >= 15 is 0 Å². The summed E-state index contributed by atoms with van der Waals surface area (Å²) in [5.74, 6) is -1.40. The van der Waals surface area contributed by atoms with Gasteiger partial charge in [-0.25, -0.2) is 4.79 Å². The predicted octanol–water partition coefficient (Wildman–Crippen LogP) is 2.76. The Morgan fingerprint density at radius 2 is 2.07 bits per heavy atom. The second-order valence-corrected chi connectivity index (χ2v) is 4.06. The van der Waals surface area contributed by atoms with Crippen molar-refractivity contribution in [3.63, 3.8) is 0 Å². The molecule has 0 aliphatic heterocycles. The first-order valence-electron chi connectivity index (χ1n) is 3.91. The van der Waals surface area contributed by atoms with Crippen molar-refractivity contribution in [1.29, 1.82) is 0 Å². The van der Waals surface area contributed by atoms with Crippen LogP contribution >= 0.6 is 27.5 Å². The van der Waals surface area contributed by atoms with Crippen LogP contribution in [-0.2, 0) is 4.79 Å². The Hall–Kier alpha value is -1.07. The zero-order valence-electron chi connectivity index (χ0n) is 7.67. The molecule has 0 saturated carbocycles. The Labute approximate surface area is 99.4 Å². The Morgan fingerprint density at radius 3 is 2.53 bits per heavy atom. The summed E-state index contributed by atoms with van der Waals surface area (Å²) >= 11 is 8.88. The van der Waals surface area contributed by atoms with E-state index in [9.17, 15) is 9.59 Å². The molecule has 1 aromatic rings. The molecule has 1 amide bonds. The molecule has 0 aliphatic rings. The molecule has 2 N–H and O–H groups in total. The highest BCUT2D eigenvalue weighted by Crippen LogP contribution is 2.29. The van der Waals surface area contributed by atoms with Crippen LogP contribution in [0.25, 0.3) is 0 Å². The van der Waals surface area contributed by atoms with E-state index in [4.69, 9.17) is 16.7 Å². The third kappa shape index (κ3) is 2.94. The van der Waals surface area contributed by atoms with Crippen molar-refractivity contribution in [3.05, 3.63) is 27.2 Å². The van der Waals surface area contributed by atoms with Gasteiger partial charge in [-0.2, -0.15) is 0 Å². The number of carbonyl (C=O) groups is 2. The number of anilines is 1. The Bertz CT molecular complexity index is 434. The molecule has 0 unspecified atom stereocenters. The smallest absolute Gasteiger partial charge is 0.336 e. The molecule has 0 atom stereocenters. The molecular formula is C9H7BrClNO3. The monoisotopic (exact) mass is 291 g/mol. The number of rotatable bonds is 2. The number of amides is 1. The summed E-state index contributed by atoms with van der Waals surface area (Å²) in [4.78, 5) is 21.6. The Morgan fingerprint density at radius 1 is 1.47 bits per heavy atom. The van der Waals surface area contributed by atoms with Gasteiger partial charge >= 0.3 is 5.97 Å². The second kappa shape index (κ2) is 4.63. The summed E-state index contributed by atoms with van der Waals surface area (Å²) in [5.41, 5.74) is 0.327. The average molecular weight is 293 g/mol. The lowest BCUT2D eigenvalue weighted by atomic mass is 10.2. The van der Waals surface area contributed by atoms with Gasteiger partial charge in [-0.05, 0) is 28.1 Å². The van der Waals surface area contributed by atoms with E-state index in [0.29, 0.717) is 4.47 Å². The van der Waals surface area contributed by atoms with Crippen molar-refractivity contribution in [1.82, 2.24) is 0 Å². The molecule has 0 spiro atoms. The molecular weight excluding hydrogens is 285 g/mol. The minimum absolute atomic E-state index is 0.0446. The van der Waals surface area contributed by atoms with Crippen LogP contribution in [0.5, 0.6) is 0 Å². The predicted molar refractivity (Wildman–Crippen MR) is 60.4 cm³/mol. The van der Waals surface area contributed by atoms with Crippen molar-refractivity contribution in [2.24, 2.45) is 0 Å². The molecule has 80 valence electrons. The fourth-order valence-corrected chi connectivity index (χ4v) is 1.85. The molecule has 0 radical (unpaired) electrons. The van der Waals surface area contributed by atoms with E-state index in [1.165, 1.54) is 19.1 Å². The van der Waals surface area contributed by atoms with Gasteiger partial charge in [0.05, 0.1) is 16.3 Å². The van der Waals surface area contributed by atoms with Crippen LogP contribution in [-0.4, -0.2) is 17.0 Å². The molecule has 0 bridgehead atoms. The van der Waals surface area contributed by atoms with Crippen LogP contribution in [0, 0.1) is 0 Å². The molecule has 0 heterocycles. The van der Waals surface area contributed by atoms with Crippen molar-refractivity contribution in [2.75, 3.05) is 5.32 Å². The van der Waals surface area contributed by atoms with E-state index in [1.807, 2.05) is 0 Å². The molecule has 0 saturated heterocycles. The van der Waals surface area contributed by atoms with Crippen molar-refractivity contribution in [2.45, 2.75) is 6.92 Å². The van der Waals surface area contributed by atoms with Gasteiger partial charge in [0.25, 0.3) is 0 Å². The zero-order chi connectivity index (χ0) is 11.6. The number of benzene rings is 1. The minimum atomic E-state index is -1.09. The first-order chi connectivity index (χ1) is 6.91. The van der Waals surface area contributed by atoms with E-state index < -0.39 is 5.97 Å². The number of halogens is 2. The fourth-order valence-electron chi connectivity index (χ4n) is 0.998. The first kappa shape index (κ1) is 12.0.